The average Bonchev–Trinajstić information content (AvgIpc) is 3.90. The molecule has 2 aromatic heterocycles. The van der Waals surface area contributed by atoms with Gasteiger partial charge < -0.3 is 31.6 Å². The molecule has 2 atom stereocenters. The second-order valence-corrected chi connectivity index (χ2v) is 14.5. The molecule has 3 aliphatic rings. The van der Waals surface area contributed by atoms with Gasteiger partial charge in [-0.3, -0.25) is 19.5 Å². The molecule has 3 aliphatic heterocycles. The molecule has 0 radical (unpaired) electrons. The van der Waals surface area contributed by atoms with Gasteiger partial charge in [0, 0.05) is 45.1 Å². The molecule has 1 aromatic carbocycles. The number of thioether (sulfide) groups is 1. The lowest BCUT2D eigenvalue weighted by atomic mass is 10.0. The summed E-state index contributed by atoms with van der Waals surface area (Å²) in [6.07, 6.45) is 10.4. The lowest BCUT2D eigenvalue weighted by molar-refractivity contribution is -0.150. The number of aliphatic carboxylic acids is 1. The van der Waals surface area contributed by atoms with Crippen molar-refractivity contribution in [2.24, 2.45) is 20.9 Å². The van der Waals surface area contributed by atoms with Crippen LogP contribution < -0.4 is 16.8 Å². The third-order valence-electron chi connectivity index (χ3n) is 7.97. The lowest BCUT2D eigenvalue weighted by Gasteiger charge is -2.49. The number of thiazole rings is 2. The molecule has 2 amide bonds. The van der Waals surface area contributed by atoms with E-state index in [0.29, 0.717) is 27.7 Å². The Balaban J connectivity index is 1.18. The first-order valence-corrected chi connectivity index (χ1v) is 18.8. The van der Waals surface area contributed by atoms with Crippen LogP contribution in [0.4, 0.5) is 14.7 Å². The summed E-state index contributed by atoms with van der Waals surface area (Å²) in [6, 6.07) is 1.79. The maximum absolute atomic E-state index is 15.5. The van der Waals surface area contributed by atoms with E-state index >= 15 is 4.39 Å². The molecular weight excluding hydrogens is 767 g/mol. The van der Waals surface area contributed by atoms with E-state index in [1.54, 1.807) is 47.0 Å². The first-order chi connectivity index (χ1) is 25.5. The van der Waals surface area contributed by atoms with E-state index in [9.17, 15) is 19.5 Å². The Labute approximate surface area is 319 Å². The summed E-state index contributed by atoms with van der Waals surface area (Å²) < 4.78 is 15.5. The number of nitrogens with two attached hydrogens (primary N) is 2. The van der Waals surface area contributed by atoms with Crippen molar-refractivity contribution >= 4 is 91.3 Å². The Morgan fingerprint density at radius 1 is 1.30 bits per heavy atom. The number of rotatable bonds is 12. The number of hydrogen-bond donors (Lipinski definition) is 4. The van der Waals surface area contributed by atoms with E-state index in [0.717, 1.165) is 16.2 Å². The van der Waals surface area contributed by atoms with E-state index in [1.165, 1.54) is 41.7 Å². The molecule has 6 rings (SSSR count). The number of aliphatic imine (C=N–C) groups is 2. The number of carbonyl (C=O) groups is 3. The molecule has 3 aromatic rings. The van der Waals surface area contributed by atoms with Gasteiger partial charge in [-0.25, -0.2) is 24.1 Å². The Kier molecular flexibility index (Phi) is 11.4. The number of halogens is 2. The van der Waals surface area contributed by atoms with Crippen molar-refractivity contribution in [1.82, 2.24) is 25.1 Å². The fraction of sp³-hybridized carbons (Fsp3) is 0.212. The van der Waals surface area contributed by atoms with Gasteiger partial charge in [0.15, 0.2) is 10.8 Å². The summed E-state index contributed by atoms with van der Waals surface area (Å²) in [5, 5.41) is 20.0. The van der Waals surface area contributed by atoms with Crippen LogP contribution in [0.5, 0.6) is 0 Å². The van der Waals surface area contributed by atoms with Crippen LogP contribution in [0.2, 0.25) is 5.02 Å². The van der Waals surface area contributed by atoms with Gasteiger partial charge in [0.25, 0.3) is 11.8 Å². The molecule has 6 N–H and O–H groups in total. The number of anilines is 1. The predicted octanol–water partition coefficient (Wildman–Crippen LogP) is 4.03. The van der Waals surface area contributed by atoms with Gasteiger partial charge in [-0.15, -0.1) is 34.4 Å². The van der Waals surface area contributed by atoms with Gasteiger partial charge >= 0.3 is 5.97 Å². The molecule has 20 heteroatoms. The summed E-state index contributed by atoms with van der Waals surface area (Å²) in [4.78, 5) is 63.7. The summed E-state index contributed by atoms with van der Waals surface area (Å²) in [6.45, 7) is 1.85. The predicted molar refractivity (Wildman–Crippen MR) is 204 cm³/mol. The number of oxime groups is 1. The number of carboxylic acid groups (broad SMARTS) is 1. The van der Waals surface area contributed by atoms with Crippen LogP contribution in [0.3, 0.4) is 0 Å². The standard InChI is InChI=1S/C33H30ClFN10O5S3/c1-3-4-5-23-21(6-8-44(23)13-18-19(34)10-16(11-20(18)35)27(36)42-33-38-7-9-51-33)39-12-17-14-52-30-25(29(47)45(30)26(17)31(48)49)41-28(46)24(43-50-2)22-15-53-32(37)40-22/h3-11,15,25,30H,12-14H2,1-2H3,(H2,37,40)(H,41,46)(H,48,49)(H2,36,38,42)/b4-3-,23-5?,39-21?,43-24-/t25-,30-/m1/s1. The van der Waals surface area contributed by atoms with Crippen LogP contribution in [0.1, 0.15) is 23.7 Å². The smallest absolute Gasteiger partial charge is 0.352 e. The second kappa shape index (κ2) is 16.1. The minimum atomic E-state index is -1.30. The van der Waals surface area contributed by atoms with Crippen molar-refractivity contribution in [3.05, 3.63) is 104 Å². The summed E-state index contributed by atoms with van der Waals surface area (Å²) >= 11 is 10.2. The van der Waals surface area contributed by atoms with E-state index in [1.807, 2.05) is 13.0 Å². The highest BCUT2D eigenvalue weighted by molar-refractivity contribution is 8.00. The number of hydrogen-bond acceptors (Lipinski definition) is 14. The number of nitrogens with one attached hydrogen (secondary N) is 1. The number of fused-ring (bicyclic) bond motifs is 1. The summed E-state index contributed by atoms with van der Waals surface area (Å²) in [5.41, 5.74) is 13.6. The van der Waals surface area contributed by atoms with Gasteiger partial charge in [-0.05, 0) is 36.8 Å². The molecule has 274 valence electrons. The number of β-lactam (4-membered cyclic amide) rings is 1. The third kappa shape index (κ3) is 7.87. The van der Waals surface area contributed by atoms with E-state index in [-0.39, 0.29) is 57.5 Å². The first kappa shape index (κ1) is 37.4. The number of nitrogens with zero attached hydrogens (tertiary/aromatic N) is 7. The first-order valence-electron chi connectivity index (χ1n) is 15.6. The Hall–Kier alpha value is -5.37. The quantitative estimate of drug-likeness (QED) is 0.0889. The summed E-state index contributed by atoms with van der Waals surface area (Å²) in [7, 11) is 1.26. The maximum Gasteiger partial charge on any atom is 0.352 e. The topological polar surface area (TPSA) is 214 Å². The van der Waals surface area contributed by atoms with Gasteiger partial charge in [-0.1, -0.05) is 28.9 Å². The minimum absolute atomic E-state index is 0.0414. The molecule has 0 unspecified atom stereocenters. The average molecular weight is 797 g/mol. The van der Waals surface area contributed by atoms with Crippen molar-refractivity contribution in [2.45, 2.75) is 24.9 Å². The highest BCUT2D eigenvalue weighted by atomic mass is 35.5. The molecule has 5 heterocycles. The monoisotopic (exact) mass is 796 g/mol. The lowest BCUT2D eigenvalue weighted by Crippen LogP contribution is -2.71. The van der Waals surface area contributed by atoms with Crippen LogP contribution >= 0.6 is 46.0 Å². The Morgan fingerprint density at radius 2 is 2.11 bits per heavy atom. The highest BCUT2D eigenvalue weighted by Gasteiger charge is 2.54. The maximum atomic E-state index is 15.5. The SMILES string of the molecule is C/C=C\C=C1C(=NCC2=C(C(=O)O)N3C(=O)[C@@H](NC(=O)/C(=N\OC)c4csc(N)n4)[C@H]3SC2)C=CN1Cc1c(F)cc(C(N)=Nc2nccs2)cc1Cl. The van der Waals surface area contributed by atoms with Gasteiger partial charge in [-0.2, -0.15) is 0 Å². The van der Waals surface area contributed by atoms with Gasteiger partial charge in [0.05, 0.1) is 24.5 Å². The molecular formula is C33H30ClFN10O5S3. The molecule has 0 aliphatic carbocycles. The van der Waals surface area contributed by atoms with E-state index in [2.05, 4.69) is 25.4 Å². The zero-order valence-corrected chi connectivity index (χ0v) is 31.1. The van der Waals surface area contributed by atoms with Crippen molar-refractivity contribution in [3.8, 4) is 0 Å². The molecule has 1 fully saturated rings. The molecule has 0 bridgehead atoms. The Bertz CT molecular complexity index is 2160. The van der Waals surface area contributed by atoms with E-state index < -0.39 is 35.0 Å². The van der Waals surface area contributed by atoms with Crippen LogP contribution in [0.25, 0.3) is 0 Å². The molecule has 1 saturated heterocycles. The van der Waals surface area contributed by atoms with Crippen LogP contribution in [-0.4, -0.2) is 90.7 Å². The van der Waals surface area contributed by atoms with Crippen molar-refractivity contribution in [3.63, 3.8) is 0 Å². The fourth-order valence-electron chi connectivity index (χ4n) is 5.51. The number of amides is 2. The molecule has 15 nitrogen and oxygen atoms in total. The van der Waals surface area contributed by atoms with Gasteiger partial charge in [0.2, 0.25) is 5.13 Å². The summed E-state index contributed by atoms with van der Waals surface area (Å²) in [5.74, 6) is -2.92. The zero-order chi connectivity index (χ0) is 37.8. The zero-order valence-electron chi connectivity index (χ0n) is 27.9. The van der Waals surface area contributed by atoms with Gasteiger partial charge in [0.1, 0.15) is 41.6 Å². The number of aromatic nitrogens is 2. The molecule has 0 spiro atoms. The fourth-order valence-corrected chi connectivity index (χ4v) is 8.18. The number of benzene rings is 1. The van der Waals surface area contributed by atoms with Crippen LogP contribution in [0, 0.1) is 5.82 Å². The van der Waals surface area contributed by atoms with E-state index in [4.69, 9.17) is 32.9 Å². The second-order valence-electron chi connectivity index (χ2n) is 11.3. The van der Waals surface area contributed by atoms with Crippen molar-refractivity contribution < 1.29 is 28.7 Å². The largest absolute Gasteiger partial charge is 0.477 e. The molecule has 0 saturated carbocycles. The van der Waals surface area contributed by atoms with Crippen LogP contribution in [0.15, 0.2) is 91.7 Å². The van der Waals surface area contributed by atoms with Crippen molar-refractivity contribution in [1.29, 1.82) is 0 Å². The van der Waals surface area contributed by atoms with Crippen molar-refractivity contribution in [2.75, 3.05) is 25.1 Å². The Morgan fingerprint density at radius 3 is 2.77 bits per heavy atom. The highest BCUT2D eigenvalue weighted by Crippen LogP contribution is 2.40. The van der Waals surface area contributed by atoms with Crippen LogP contribution in [-0.2, 0) is 25.8 Å². The third-order valence-corrected chi connectivity index (χ3v) is 11.0. The number of amidine groups is 1. The number of nitrogen functional groups attached to an aromatic ring is 1. The number of carbonyl (C=O) groups excluding carboxylic acids is 2. The minimum Gasteiger partial charge on any atom is -0.477 e. The normalized spacial score (nSPS) is 20.5. The molecule has 53 heavy (non-hydrogen) atoms. The number of carboxylic acids is 1. The number of allylic oxidation sites excluding steroid dienone is 4.